The van der Waals surface area contributed by atoms with Crippen molar-refractivity contribution in [2.45, 2.75) is 43.7 Å². The molecular weight excluding hydrogens is 264 g/mol. The van der Waals surface area contributed by atoms with Gasteiger partial charge in [0.15, 0.2) is 0 Å². The lowest BCUT2D eigenvalue weighted by molar-refractivity contribution is -0.132. The number of hydrogen-bond acceptors (Lipinski definition) is 3. The number of anilines is 1. The van der Waals surface area contributed by atoms with Gasteiger partial charge >= 0.3 is 0 Å². The second kappa shape index (κ2) is 4.09. The Hall–Kier alpha value is -1.84. The molecule has 0 aromatic heterocycles. The van der Waals surface area contributed by atoms with Crippen LogP contribution < -0.4 is 4.90 Å². The highest BCUT2D eigenvalue weighted by Gasteiger charge is 2.62. The summed E-state index contributed by atoms with van der Waals surface area (Å²) in [6, 6.07) is 8.70. The number of amides is 1. The van der Waals surface area contributed by atoms with Crippen molar-refractivity contribution in [1.29, 1.82) is 0 Å². The van der Waals surface area contributed by atoms with Gasteiger partial charge < -0.3 is 9.80 Å². The maximum atomic E-state index is 12.2. The fourth-order valence-electron chi connectivity index (χ4n) is 4.98. The molecule has 4 heteroatoms. The van der Waals surface area contributed by atoms with Crippen LogP contribution in [0.5, 0.6) is 0 Å². The number of carbonyl (C=O) groups is 2. The number of rotatable bonds is 0. The number of ketones is 1. The molecule has 1 aromatic carbocycles. The number of carbonyl (C=O) groups excluding carboxylic acids is 2. The fourth-order valence-corrected chi connectivity index (χ4v) is 4.98. The Morgan fingerprint density at radius 3 is 2.71 bits per heavy atom. The minimum absolute atomic E-state index is 0.0346. The normalized spacial score (nSPS) is 33.7. The van der Waals surface area contributed by atoms with E-state index in [1.807, 2.05) is 4.90 Å². The van der Waals surface area contributed by atoms with Crippen molar-refractivity contribution in [3.63, 3.8) is 0 Å². The van der Waals surface area contributed by atoms with Crippen LogP contribution in [0.2, 0.25) is 0 Å². The molecule has 2 fully saturated rings. The fraction of sp³-hybridized carbons (Fsp3) is 0.529. The largest absolute Gasteiger partial charge is 0.370 e. The third-order valence-corrected chi connectivity index (χ3v) is 5.83. The molecule has 3 atom stereocenters. The molecule has 1 saturated carbocycles. The van der Waals surface area contributed by atoms with Gasteiger partial charge in [0.2, 0.25) is 5.91 Å². The molecule has 1 saturated heterocycles. The Labute approximate surface area is 124 Å². The lowest BCUT2D eigenvalue weighted by atomic mass is 9.64. The molecule has 1 spiro atoms. The van der Waals surface area contributed by atoms with E-state index >= 15 is 0 Å². The predicted molar refractivity (Wildman–Crippen MR) is 80.3 cm³/mol. The molecule has 1 amide bonds. The molecular formula is C17H20N2O2. The summed E-state index contributed by atoms with van der Waals surface area (Å²) in [5.41, 5.74) is 2.51. The lowest BCUT2D eigenvalue weighted by Gasteiger charge is -2.44. The van der Waals surface area contributed by atoms with Crippen LogP contribution in [-0.4, -0.2) is 42.3 Å². The number of hydrogen-bond donors (Lipinski definition) is 0. The Kier molecular flexibility index (Phi) is 2.51. The van der Waals surface area contributed by atoms with Gasteiger partial charge in [-0.05, 0) is 18.1 Å². The van der Waals surface area contributed by atoms with Crippen molar-refractivity contribution in [2.75, 3.05) is 18.5 Å². The van der Waals surface area contributed by atoms with Gasteiger partial charge in [-0.1, -0.05) is 18.2 Å². The van der Waals surface area contributed by atoms with Crippen molar-refractivity contribution in [1.82, 2.24) is 4.90 Å². The molecule has 2 aliphatic heterocycles. The quantitative estimate of drug-likeness (QED) is 0.728. The minimum atomic E-state index is -0.0507. The molecule has 21 heavy (non-hydrogen) atoms. The number of Topliss-reactive ketones (excluding diaryl/α,β-unsaturated/α-hetero) is 1. The molecule has 4 nitrogen and oxygen atoms in total. The van der Waals surface area contributed by atoms with Crippen molar-refractivity contribution in [3.8, 4) is 0 Å². The zero-order valence-corrected chi connectivity index (χ0v) is 12.5. The van der Waals surface area contributed by atoms with E-state index in [1.165, 1.54) is 11.3 Å². The van der Waals surface area contributed by atoms with Crippen LogP contribution in [0.15, 0.2) is 24.3 Å². The van der Waals surface area contributed by atoms with Crippen LogP contribution in [0.4, 0.5) is 5.69 Å². The van der Waals surface area contributed by atoms with Gasteiger partial charge in [0.05, 0.1) is 6.04 Å². The molecule has 2 heterocycles. The van der Waals surface area contributed by atoms with E-state index in [0.29, 0.717) is 12.8 Å². The Morgan fingerprint density at radius 1 is 1.24 bits per heavy atom. The Balaban J connectivity index is 1.91. The van der Waals surface area contributed by atoms with Gasteiger partial charge in [0.25, 0.3) is 0 Å². The molecule has 4 rings (SSSR count). The summed E-state index contributed by atoms with van der Waals surface area (Å²) < 4.78 is 0. The maximum Gasteiger partial charge on any atom is 0.219 e. The number of para-hydroxylation sites is 1. The summed E-state index contributed by atoms with van der Waals surface area (Å²) in [5.74, 6) is 0.380. The third kappa shape index (κ3) is 1.45. The molecule has 0 N–H and O–H groups in total. The van der Waals surface area contributed by atoms with Gasteiger partial charge in [0.1, 0.15) is 5.78 Å². The van der Waals surface area contributed by atoms with Crippen LogP contribution in [0.1, 0.15) is 31.7 Å². The smallest absolute Gasteiger partial charge is 0.219 e. The second-order valence-corrected chi connectivity index (χ2v) is 6.61. The summed E-state index contributed by atoms with van der Waals surface area (Å²) >= 11 is 0. The summed E-state index contributed by atoms with van der Waals surface area (Å²) in [4.78, 5) is 28.4. The number of fused-ring (bicyclic) bond motifs is 1. The van der Waals surface area contributed by atoms with Crippen molar-refractivity contribution >= 4 is 17.4 Å². The van der Waals surface area contributed by atoms with Crippen LogP contribution in [-0.2, 0) is 15.0 Å². The lowest BCUT2D eigenvalue weighted by Crippen LogP contribution is -2.57. The topological polar surface area (TPSA) is 40.6 Å². The summed E-state index contributed by atoms with van der Waals surface area (Å²) in [6.45, 7) is 2.39. The highest BCUT2D eigenvalue weighted by molar-refractivity contribution is 5.86. The van der Waals surface area contributed by atoms with Gasteiger partial charge in [-0.3, -0.25) is 9.59 Å². The standard InChI is InChI=1S/C17H20N2O2/c1-11(20)19-8-7-17-13-5-3-4-6-14(13)18(2)15(17)9-12(21)10-16(17)19/h3-6,15-16H,7-10H2,1-2H3/t15-,16+,17+/m0/s1. The van der Waals surface area contributed by atoms with E-state index in [9.17, 15) is 9.59 Å². The molecule has 0 unspecified atom stereocenters. The summed E-state index contributed by atoms with van der Waals surface area (Å²) in [5, 5.41) is 0. The van der Waals surface area contributed by atoms with E-state index < -0.39 is 0 Å². The molecule has 1 aromatic rings. The number of likely N-dealkylation sites (N-methyl/N-ethyl adjacent to an activating group) is 1. The highest BCUT2D eigenvalue weighted by Crippen LogP contribution is 2.56. The van der Waals surface area contributed by atoms with Gasteiger partial charge in [-0.15, -0.1) is 0 Å². The zero-order valence-electron chi connectivity index (χ0n) is 12.5. The third-order valence-electron chi connectivity index (χ3n) is 5.83. The molecule has 3 aliphatic rings. The van der Waals surface area contributed by atoms with E-state index in [-0.39, 0.29) is 29.2 Å². The minimum Gasteiger partial charge on any atom is -0.370 e. The van der Waals surface area contributed by atoms with Gasteiger partial charge in [-0.25, -0.2) is 0 Å². The van der Waals surface area contributed by atoms with Crippen molar-refractivity contribution in [2.24, 2.45) is 0 Å². The number of likely N-dealkylation sites (tertiary alicyclic amines) is 1. The molecule has 0 radical (unpaired) electrons. The summed E-state index contributed by atoms with van der Waals surface area (Å²) in [6.07, 6.45) is 2.09. The SMILES string of the molecule is CC(=O)N1CC[C@@]23c4ccccc4N(C)[C@H]2CC(=O)C[C@@H]13. The Bertz CT molecular complexity index is 641. The first-order chi connectivity index (χ1) is 10.1. The van der Waals surface area contributed by atoms with Crippen molar-refractivity contribution in [3.05, 3.63) is 29.8 Å². The van der Waals surface area contributed by atoms with E-state index in [4.69, 9.17) is 0 Å². The summed E-state index contributed by atoms with van der Waals surface area (Å²) in [7, 11) is 2.09. The van der Waals surface area contributed by atoms with Crippen LogP contribution in [0.25, 0.3) is 0 Å². The zero-order chi connectivity index (χ0) is 14.8. The monoisotopic (exact) mass is 284 g/mol. The van der Waals surface area contributed by atoms with E-state index in [2.05, 4.69) is 36.2 Å². The Morgan fingerprint density at radius 2 is 1.95 bits per heavy atom. The first kappa shape index (κ1) is 12.9. The first-order valence-electron chi connectivity index (χ1n) is 7.67. The first-order valence-corrected chi connectivity index (χ1v) is 7.67. The average Bonchev–Trinajstić information content (AvgIpc) is 2.95. The van der Waals surface area contributed by atoms with E-state index in [1.54, 1.807) is 6.92 Å². The predicted octanol–water partition coefficient (Wildman–Crippen LogP) is 1.73. The highest BCUT2D eigenvalue weighted by atomic mass is 16.2. The maximum absolute atomic E-state index is 12.2. The number of nitrogens with zero attached hydrogens (tertiary/aromatic N) is 2. The van der Waals surface area contributed by atoms with Crippen molar-refractivity contribution < 1.29 is 9.59 Å². The second-order valence-electron chi connectivity index (χ2n) is 6.61. The van der Waals surface area contributed by atoms with Crippen LogP contribution >= 0.6 is 0 Å². The molecule has 110 valence electrons. The van der Waals surface area contributed by atoms with E-state index in [0.717, 1.165) is 13.0 Å². The average molecular weight is 284 g/mol. The molecule has 0 bridgehead atoms. The van der Waals surface area contributed by atoms with Gasteiger partial charge in [-0.2, -0.15) is 0 Å². The number of benzene rings is 1. The van der Waals surface area contributed by atoms with Crippen LogP contribution in [0.3, 0.4) is 0 Å². The van der Waals surface area contributed by atoms with Gasteiger partial charge in [0, 0.05) is 50.5 Å². The van der Waals surface area contributed by atoms with Crippen LogP contribution in [0, 0.1) is 0 Å². The molecule has 1 aliphatic carbocycles.